The van der Waals surface area contributed by atoms with Gasteiger partial charge in [0.2, 0.25) is 5.91 Å². The van der Waals surface area contributed by atoms with E-state index in [9.17, 15) is 4.79 Å². The maximum Gasteiger partial charge on any atom is 0.248 e. The highest BCUT2D eigenvalue weighted by molar-refractivity contribution is 5.96. The number of carbonyl (C=O) groups is 1. The Hall–Kier alpha value is -2.30. The molecule has 2 aromatic rings. The van der Waals surface area contributed by atoms with Crippen LogP contribution in [0.1, 0.15) is 12.5 Å². The van der Waals surface area contributed by atoms with Gasteiger partial charge >= 0.3 is 0 Å². The van der Waals surface area contributed by atoms with E-state index in [4.69, 9.17) is 5.73 Å². The number of nitrogen functional groups attached to an aromatic ring is 1. The number of benzene rings is 1. The molecule has 1 atom stereocenters. The number of hydrogen-bond acceptors (Lipinski definition) is 3. The molecule has 5 heteroatoms. The normalized spacial score (nSPS) is 17.5. The fraction of sp³-hybridized carbons (Fsp3) is 0.286. The SMILES string of the molecule is CC1Cc2ccccc2N1C(=O)Cn1cc(N)cn1. The lowest BCUT2D eigenvalue weighted by Crippen LogP contribution is -2.38. The van der Waals surface area contributed by atoms with Crippen LogP contribution in [0.2, 0.25) is 0 Å². The van der Waals surface area contributed by atoms with Gasteiger partial charge in [-0.25, -0.2) is 0 Å². The van der Waals surface area contributed by atoms with Crippen LogP contribution in [0, 0.1) is 0 Å². The van der Waals surface area contributed by atoms with Gasteiger partial charge in [-0.3, -0.25) is 9.48 Å². The zero-order chi connectivity index (χ0) is 13.4. The van der Waals surface area contributed by atoms with E-state index in [2.05, 4.69) is 18.1 Å². The summed E-state index contributed by atoms with van der Waals surface area (Å²) >= 11 is 0. The van der Waals surface area contributed by atoms with Crippen LogP contribution in [0.4, 0.5) is 11.4 Å². The molecular weight excluding hydrogens is 240 g/mol. The Morgan fingerprint density at radius 2 is 2.26 bits per heavy atom. The predicted molar refractivity (Wildman–Crippen MR) is 73.7 cm³/mol. The molecule has 0 aliphatic carbocycles. The van der Waals surface area contributed by atoms with Crippen LogP contribution >= 0.6 is 0 Å². The monoisotopic (exact) mass is 256 g/mol. The molecule has 0 saturated carbocycles. The molecule has 98 valence electrons. The number of aromatic nitrogens is 2. The standard InChI is InChI=1S/C14H16N4O/c1-10-6-11-4-2-3-5-13(11)18(10)14(19)9-17-8-12(15)7-16-17/h2-5,7-8,10H,6,9,15H2,1H3. The summed E-state index contributed by atoms with van der Waals surface area (Å²) in [5.41, 5.74) is 8.41. The van der Waals surface area contributed by atoms with E-state index in [0.717, 1.165) is 12.1 Å². The van der Waals surface area contributed by atoms with Gasteiger partial charge in [-0.15, -0.1) is 0 Å². The van der Waals surface area contributed by atoms with Crippen LogP contribution in [-0.4, -0.2) is 21.7 Å². The second-order valence-electron chi connectivity index (χ2n) is 4.92. The van der Waals surface area contributed by atoms with Gasteiger partial charge in [-0.1, -0.05) is 18.2 Å². The third-order valence-electron chi connectivity index (χ3n) is 3.43. The number of nitrogens with two attached hydrogens (primary N) is 1. The first kappa shape index (κ1) is 11.8. The Balaban J connectivity index is 1.84. The van der Waals surface area contributed by atoms with Crippen molar-refractivity contribution in [3.63, 3.8) is 0 Å². The van der Waals surface area contributed by atoms with Crippen molar-refractivity contribution in [3.8, 4) is 0 Å². The molecule has 0 saturated heterocycles. The third-order valence-corrected chi connectivity index (χ3v) is 3.43. The number of rotatable bonds is 2. The zero-order valence-electron chi connectivity index (χ0n) is 10.8. The molecule has 3 rings (SSSR count). The quantitative estimate of drug-likeness (QED) is 0.884. The first-order valence-corrected chi connectivity index (χ1v) is 6.33. The summed E-state index contributed by atoms with van der Waals surface area (Å²) in [6.07, 6.45) is 4.13. The minimum absolute atomic E-state index is 0.0422. The van der Waals surface area contributed by atoms with E-state index >= 15 is 0 Å². The lowest BCUT2D eigenvalue weighted by molar-refractivity contribution is -0.119. The Morgan fingerprint density at radius 1 is 1.47 bits per heavy atom. The fourth-order valence-corrected chi connectivity index (χ4v) is 2.63. The van der Waals surface area contributed by atoms with E-state index in [1.807, 2.05) is 23.1 Å². The fourth-order valence-electron chi connectivity index (χ4n) is 2.63. The summed E-state index contributed by atoms with van der Waals surface area (Å²) in [6, 6.07) is 8.23. The first-order valence-electron chi connectivity index (χ1n) is 6.33. The van der Waals surface area contributed by atoms with Crippen LogP contribution in [-0.2, 0) is 17.8 Å². The molecule has 0 spiro atoms. The molecule has 0 bridgehead atoms. The first-order chi connectivity index (χ1) is 9.15. The number of fused-ring (bicyclic) bond motifs is 1. The number of carbonyl (C=O) groups excluding carboxylic acids is 1. The number of anilines is 2. The third kappa shape index (κ3) is 2.07. The molecule has 1 unspecified atom stereocenters. The molecular formula is C14H16N4O. The van der Waals surface area contributed by atoms with Crippen molar-refractivity contribution in [2.75, 3.05) is 10.6 Å². The molecule has 5 nitrogen and oxygen atoms in total. The topological polar surface area (TPSA) is 64.2 Å². The second-order valence-corrected chi connectivity index (χ2v) is 4.92. The van der Waals surface area contributed by atoms with Crippen LogP contribution in [0.5, 0.6) is 0 Å². The van der Waals surface area contributed by atoms with E-state index in [-0.39, 0.29) is 18.5 Å². The highest BCUT2D eigenvalue weighted by atomic mass is 16.2. The maximum atomic E-state index is 12.4. The number of nitrogens with zero attached hydrogens (tertiary/aromatic N) is 3. The van der Waals surface area contributed by atoms with Crippen LogP contribution in [0.15, 0.2) is 36.7 Å². The van der Waals surface area contributed by atoms with Gasteiger partial charge in [-0.05, 0) is 25.0 Å². The Morgan fingerprint density at radius 3 is 3.00 bits per heavy atom. The smallest absolute Gasteiger partial charge is 0.248 e. The van der Waals surface area contributed by atoms with Gasteiger partial charge in [0.15, 0.2) is 0 Å². The van der Waals surface area contributed by atoms with Gasteiger partial charge in [0, 0.05) is 17.9 Å². The largest absolute Gasteiger partial charge is 0.396 e. The summed E-state index contributed by atoms with van der Waals surface area (Å²) < 4.78 is 1.57. The maximum absolute atomic E-state index is 12.4. The number of amides is 1. The van der Waals surface area contributed by atoms with Gasteiger partial charge in [0.25, 0.3) is 0 Å². The highest BCUT2D eigenvalue weighted by Crippen LogP contribution is 2.31. The Labute approximate surface area is 111 Å². The summed E-state index contributed by atoms with van der Waals surface area (Å²) in [5, 5.41) is 4.05. The molecule has 2 N–H and O–H groups in total. The predicted octanol–water partition coefficient (Wildman–Crippen LogP) is 1.44. The number of hydrogen-bond donors (Lipinski definition) is 1. The molecule has 1 aliphatic heterocycles. The molecule has 1 aromatic carbocycles. The van der Waals surface area contributed by atoms with Crippen LogP contribution in [0.25, 0.3) is 0 Å². The summed E-state index contributed by atoms with van der Waals surface area (Å²) in [6.45, 7) is 2.28. The van der Waals surface area contributed by atoms with Gasteiger partial charge in [0.05, 0.1) is 11.9 Å². The molecule has 0 fully saturated rings. The second kappa shape index (κ2) is 4.42. The summed E-state index contributed by atoms with van der Waals surface area (Å²) in [4.78, 5) is 14.3. The van der Waals surface area contributed by atoms with E-state index in [1.165, 1.54) is 5.56 Å². The van der Waals surface area contributed by atoms with Crippen molar-refractivity contribution in [1.29, 1.82) is 0 Å². The minimum atomic E-state index is 0.0422. The molecule has 1 amide bonds. The van der Waals surface area contributed by atoms with Gasteiger partial charge < -0.3 is 10.6 Å². The number of para-hydroxylation sites is 1. The van der Waals surface area contributed by atoms with Crippen LogP contribution < -0.4 is 10.6 Å². The van der Waals surface area contributed by atoms with Gasteiger partial charge in [0.1, 0.15) is 6.54 Å². The van der Waals surface area contributed by atoms with Crippen molar-refractivity contribution in [1.82, 2.24) is 9.78 Å². The van der Waals surface area contributed by atoms with Crippen molar-refractivity contribution in [2.45, 2.75) is 25.9 Å². The average molecular weight is 256 g/mol. The van der Waals surface area contributed by atoms with E-state index in [1.54, 1.807) is 17.1 Å². The lowest BCUT2D eigenvalue weighted by atomic mass is 10.1. The molecule has 19 heavy (non-hydrogen) atoms. The molecule has 1 aromatic heterocycles. The van der Waals surface area contributed by atoms with Crippen LogP contribution in [0.3, 0.4) is 0 Å². The lowest BCUT2D eigenvalue weighted by Gasteiger charge is -2.22. The van der Waals surface area contributed by atoms with E-state index in [0.29, 0.717) is 5.69 Å². The summed E-state index contributed by atoms with van der Waals surface area (Å²) in [7, 11) is 0. The molecule has 2 heterocycles. The summed E-state index contributed by atoms with van der Waals surface area (Å²) in [5.74, 6) is 0.0422. The van der Waals surface area contributed by atoms with Crippen molar-refractivity contribution in [3.05, 3.63) is 42.2 Å². The molecule has 1 aliphatic rings. The minimum Gasteiger partial charge on any atom is -0.396 e. The van der Waals surface area contributed by atoms with Crippen molar-refractivity contribution in [2.24, 2.45) is 0 Å². The van der Waals surface area contributed by atoms with E-state index < -0.39 is 0 Å². The van der Waals surface area contributed by atoms with Crippen molar-refractivity contribution < 1.29 is 4.79 Å². The van der Waals surface area contributed by atoms with Crippen molar-refractivity contribution >= 4 is 17.3 Å². The molecule has 0 radical (unpaired) electrons. The Kier molecular flexibility index (Phi) is 2.74. The highest BCUT2D eigenvalue weighted by Gasteiger charge is 2.30. The zero-order valence-corrected chi connectivity index (χ0v) is 10.8. The Bertz CT molecular complexity index is 619. The average Bonchev–Trinajstić information content (AvgIpc) is 2.91. The van der Waals surface area contributed by atoms with Gasteiger partial charge in [-0.2, -0.15) is 5.10 Å².